The first-order valence-electron chi connectivity index (χ1n) is 9.57. The molecule has 144 valence electrons. The van der Waals surface area contributed by atoms with Crippen LogP contribution >= 0.6 is 0 Å². The lowest BCUT2D eigenvalue weighted by molar-refractivity contribution is -0.134. The average molecular weight is 377 g/mol. The minimum absolute atomic E-state index is 0.0546. The summed E-state index contributed by atoms with van der Waals surface area (Å²) in [4.78, 5) is 41.0. The summed E-state index contributed by atoms with van der Waals surface area (Å²) in [5.74, 6) is 2.80. The van der Waals surface area contributed by atoms with Gasteiger partial charge in [0.15, 0.2) is 0 Å². The van der Waals surface area contributed by atoms with Gasteiger partial charge in [-0.15, -0.1) is 6.42 Å². The molecule has 7 heteroatoms. The summed E-state index contributed by atoms with van der Waals surface area (Å²) >= 11 is 0. The van der Waals surface area contributed by atoms with E-state index < -0.39 is 0 Å². The minimum atomic E-state index is -0.0546. The Labute approximate surface area is 164 Å². The van der Waals surface area contributed by atoms with Gasteiger partial charge >= 0.3 is 0 Å². The molecule has 4 heterocycles. The molecule has 2 aromatic heterocycles. The van der Waals surface area contributed by atoms with Crippen LogP contribution in [0.1, 0.15) is 40.3 Å². The van der Waals surface area contributed by atoms with Crippen LogP contribution in [0.15, 0.2) is 24.7 Å². The molecule has 2 saturated heterocycles. The zero-order chi connectivity index (χ0) is 19.7. The van der Waals surface area contributed by atoms with E-state index in [1.807, 2.05) is 16.7 Å². The predicted octanol–water partition coefficient (Wildman–Crippen LogP) is 1.40. The van der Waals surface area contributed by atoms with Crippen molar-refractivity contribution in [3.8, 4) is 12.3 Å². The van der Waals surface area contributed by atoms with Crippen molar-refractivity contribution in [3.05, 3.63) is 47.3 Å². The Morgan fingerprint density at radius 1 is 1.32 bits per heavy atom. The van der Waals surface area contributed by atoms with Crippen molar-refractivity contribution >= 4 is 11.8 Å². The molecule has 0 saturated carbocycles. The van der Waals surface area contributed by atoms with E-state index in [4.69, 9.17) is 6.42 Å². The second-order valence-corrected chi connectivity index (χ2v) is 7.49. The predicted molar refractivity (Wildman–Crippen MR) is 103 cm³/mol. The van der Waals surface area contributed by atoms with Gasteiger partial charge in [0, 0.05) is 31.5 Å². The molecule has 0 aromatic carbocycles. The van der Waals surface area contributed by atoms with Gasteiger partial charge in [-0.2, -0.15) is 0 Å². The van der Waals surface area contributed by atoms with Gasteiger partial charge in [-0.1, -0.05) is 5.92 Å². The van der Waals surface area contributed by atoms with Crippen LogP contribution in [0.4, 0.5) is 0 Å². The van der Waals surface area contributed by atoms with Crippen molar-refractivity contribution in [2.75, 3.05) is 19.6 Å². The number of nitrogens with zero attached hydrogens (tertiary/aromatic N) is 4. The maximum atomic E-state index is 12.9. The van der Waals surface area contributed by atoms with Crippen LogP contribution in [0, 0.1) is 25.2 Å². The van der Waals surface area contributed by atoms with Gasteiger partial charge < -0.3 is 14.8 Å². The van der Waals surface area contributed by atoms with E-state index in [1.54, 1.807) is 18.5 Å². The van der Waals surface area contributed by atoms with Gasteiger partial charge in [0.25, 0.3) is 5.91 Å². The summed E-state index contributed by atoms with van der Waals surface area (Å²) in [5.41, 5.74) is 2.76. The molecular formula is C21H23N5O2. The number of nitrogens with one attached hydrogen (secondary N) is 1. The van der Waals surface area contributed by atoms with Crippen LogP contribution in [0.5, 0.6) is 0 Å². The molecule has 2 aliphatic heterocycles. The van der Waals surface area contributed by atoms with Crippen LogP contribution < -0.4 is 0 Å². The maximum absolute atomic E-state index is 12.9. The molecule has 0 bridgehead atoms. The van der Waals surface area contributed by atoms with Gasteiger partial charge in [0.2, 0.25) is 5.91 Å². The molecule has 2 atom stereocenters. The highest BCUT2D eigenvalue weighted by molar-refractivity contribution is 5.94. The van der Waals surface area contributed by atoms with Crippen LogP contribution in [-0.4, -0.2) is 62.2 Å². The summed E-state index contributed by atoms with van der Waals surface area (Å²) in [7, 11) is 0. The second-order valence-electron chi connectivity index (χ2n) is 7.49. The number of carbonyl (C=O) groups excluding carboxylic acids is 2. The van der Waals surface area contributed by atoms with Crippen molar-refractivity contribution < 1.29 is 9.59 Å². The Morgan fingerprint density at radius 3 is 2.86 bits per heavy atom. The molecule has 0 aliphatic carbocycles. The van der Waals surface area contributed by atoms with Gasteiger partial charge in [0.05, 0.1) is 30.0 Å². The van der Waals surface area contributed by atoms with Crippen molar-refractivity contribution in [1.29, 1.82) is 0 Å². The second kappa shape index (κ2) is 7.47. The molecule has 2 aromatic rings. The monoisotopic (exact) mass is 377 g/mol. The first kappa shape index (κ1) is 18.2. The fourth-order valence-electron chi connectivity index (χ4n) is 4.25. The van der Waals surface area contributed by atoms with E-state index in [-0.39, 0.29) is 17.9 Å². The quantitative estimate of drug-likeness (QED) is 0.820. The van der Waals surface area contributed by atoms with Crippen LogP contribution in [-0.2, 0) is 11.2 Å². The van der Waals surface area contributed by atoms with Crippen LogP contribution in [0.3, 0.4) is 0 Å². The number of likely N-dealkylation sites (tertiary alicyclic amines) is 2. The number of aromatic amines is 1. The van der Waals surface area contributed by atoms with E-state index in [2.05, 4.69) is 20.9 Å². The third-order valence-corrected chi connectivity index (χ3v) is 5.80. The molecule has 4 rings (SSSR count). The number of fused-ring (bicyclic) bond motifs is 1. The van der Waals surface area contributed by atoms with Gasteiger partial charge in [0.1, 0.15) is 5.69 Å². The summed E-state index contributed by atoms with van der Waals surface area (Å²) in [6.45, 7) is 3.89. The smallest absolute Gasteiger partial charge is 0.255 e. The number of piperidine rings is 1. The number of pyridine rings is 1. The highest BCUT2D eigenvalue weighted by Crippen LogP contribution is 2.32. The number of terminal acetylenes is 1. The van der Waals surface area contributed by atoms with Gasteiger partial charge in [-0.25, -0.2) is 9.97 Å². The van der Waals surface area contributed by atoms with E-state index in [0.29, 0.717) is 36.7 Å². The number of carbonyl (C=O) groups is 2. The lowest BCUT2D eigenvalue weighted by Crippen LogP contribution is -2.49. The SMILES string of the molecule is C#Cc1ccc(C(=O)N2C[C@@H]3CCCN(C(=O)Cc4nc[nH]c4C)[C@@H]3C2)cn1. The number of amides is 2. The fraction of sp³-hybridized carbons (Fsp3) is 0.429. The Morgan fingerprint density at radius 2 is 2.18 bits per heavy atom. The Bertz CT molecular complexity index is 927. The van der Waals surface area contributed by atoms with Crippen molar-refractivity contribution in [3.63, 3.8) is 0 Å². The molecule has 1 N–H and O–H groups in total. The number of rotatable bonds is 3. The molecule has 0 spiro atoms. The first-order valence-corrected chi connectivity index (χ1v) is 9.57. The summed E-state index contributed by atoms with van der Waals surface area (Å²) in [6, 6.07) is 3.47. The van der Waals surface area contributed by atoms with E-state index >= 15 is 0 Å². The highest BCUT2D eigenvalue weighted by atomic mass is 16.2. The lowest BCUT2D eigenvalue weighted by atomic mass is 9.91. The standard InChI is InChI=1S/C21H23N5O2/c1-3-17-7-6-15(10-22-17)21(28)25-11-16-5-4-8-26(19(16)12-25)20(27)9-18-14(2)23-13-24-18/h1,6-7,10,13,16,19H,4-5,8-9,11-12H2,2H3,(H,23,24)/t16-,19+/m0/s1. The summed E-state index contributed by atoms with van der Waals surface area (Å²) < 4.78 is 0. The Balaban J connectivity index is 1.46. The Hall–Kier alpha value is -3.14. The van der Waals surface area contributed by atoms with E-state index in [1.165, 1.54) is 6.20 Å². The Kier molecular flexibility index (Phi) is 4.86. The largest absolute Gasteiger partial charge is 0.348 e. The van der Waals surface area contributed by atoms with Crippen molar-refractivity contribution in [1.82, 2.24) is 24.8 Å². The summed E-state index contributed by atoms with van der Waals surface area (Å²) in [6.07, 6.45) is 10.8. The third-order valence-electron chi connectivity index (χ3n) is 5.80. The van der Waals surface area contributed by atoms with Crippen LogP contribution in [0.25, 0.3) is 0 Å². The fourth-order valence-corrected chi connectivity index (χ4v) is 4.25. The normalized spacial score (nSPS) is 21.3. The van der Waals surface area contributed by atoms with Crippen molar-refractivity contribution in [2.45, 2.75) is 32.2 Å². The van der Waals surface area contributed by atoms with E-state index in [0.717, 1.165) is 30.8 Å². The molecule has 2 amide bonds. The molecular weight excluding hydrogens is 354 g/mol. The summed E-state index contributed by atoms with van der Waals surface area (Å²) in [5, 5.41) is 0. The molecule has 0 radical (unpaired) electrons. The zero-order valence-corrected chi connectivity index (χ0v) is 15.9. The lowest BCUT2D eigenvalue weighted by Gasteiger charge is -2.36. The number of aryl methyl sites for hydroxylation is 1. The maximum Gasteiger partial charge on any atom is 0.255 e. The molecule has 7 nitrogen and oxygen atoms in total. The molecule has 28 heavy (non-hydrogen) atoms. The van der Waals surface area contributed by atoms with Crippen LogP contribution in [0.2, 0.25) is 0 Å². The number of imidazole rings is 1. The topological polar surface area (TPSA) is 82.2 Å². The molecule has 2 fully saturated rings. The average Bonchev–Trinajstić information content (AvgIpc) is 3.33. The van der Waals surface area contributed by atoms with Gasteiger partial charge in [-0.05, 0) is 37.8 Å². The zero-order valence-electron chi connectivity index (χ0n) is 15.9. The first-order chi connectivity index (χ1) is 13.6. The number of H-pyrrole nitrogens is 1. The van der Waals surface area contributed by atoms with Crippen molar-refractivity contribution in [2.24, 2.45) is 5.92 Å². The third kappa shape index (κ3) is 3.38. The van der Waals surface area contributed by atoms with Gasteiger partial charge in [-0.3, -0.25) is 9.59 Å². The van der Waals surface area contributed by atoms with E-state index in [9.17, 15) is 9.59 Å². The number of hydrogen-bond donors (Lipinski definition) is 1. The number of hydrogen-bond acceptors (Lipinski definition) is 4. The minimum Gasteiger partial charge on any atom is -0.348 e. The highest BCUT2D eigenvalue weighted by Gasteiger charge is 2.42. The molecule has 2 aliphatic rings. The molecule has 0 unspecified atom stereocenters. The number of aromatic nitrogens is 3.